The van der Waals surface area contributed by atoms with Gasteiger partial charge >= 0.3 is 0 Å². The van der Waals surface area contributed by atoms with Crippen molar-refractivity contribution in [2.24, 2.45) is 0 Å². The maximum absolute atomic E-state index is 13.4. The Morgan fingerprint density at radius 1 is 1.06 bits per heavy atom. The summed E-state index contributed by atoms with van der Waals surface area (Å²) in [5, 5.41) is 8.96. The van der Waals surface area contributed by atoms with Crippen molar-refractivity contribution in [3.63, 3.8) is 0 Å². The monoisotopic (exact) mass is 439 g/mol. The Labute approximate surface area is 182 Å². The van der Waals surface area contributed by atoms with Gasteiger partial charge in [-0.15, -0.1) is 11.3 Å². The first-order valence-corrected chi connectivity index (χ1v) is 11.3. The molecule has 1 aliphatic heterocycles. The van der Waals surface area contributed by atoms with E-state index in [1.54, 1.807) is 12.1 Å². The molecule has 0 radical (unpaired) electrons. The van der Waals surface area contributed by atoms with Gasteiger partial charge < -0.3 is 10.6 Å². The molecule has 0 aliphatic carbocycles. The first-order valence-electron chi connectivity index (χ1n) is 10.4. The lowest BCUT2D eigenvalue weighted by Gasteiger charge is -2.31. The van der Waals surface area contributed by atoms with Crippen molar-refractivity contribution in [2.45, 2.75) is 25.2 Å². The van der Waals surface area contributed by atoms with E-state index in [2.05, 4.69) is 20.1 Å². The van der Waals surface area contributed by atoms with Crippen LogP contribution in [0.25, 0.3) is 22.2 Å². The fourth-order valence-electron chi connectivity index (χ4n) is 4.39. The molecular formula is C23H23F2N5S. The second-order valence-corrected chi connectivity index (χ2v) is 9.11. The van der Waals surface area contributed by atoms with Crippen LogP contribution < -0.4 is 5.73 Å². The highest BCUT2D eigenvalue weighted by Crippen LogP contribution is 2.33. The van der Waals surface area contributed by atoms with Gasteiger partial charge in [0.1, 0.15) is 11.6 Å². The molecule has 0 saturated carbocycles. The maximum atomic E-state index is 13.4. The Kier molecular flexibility index (Phi) is 5.41. The van der Waals surface area contributed by atoms with Gasteiger partial charge in [-0.2, -0.15) is 5.10 Å². The van der Waals surface area contributed by atoms with E-state index in [9.17, 15) is 8.78 Å². The molecule has 0 bridgehead atoms. The van der Waals surface area contributed by atoms with Crippen molar-refractivity contribution in [3.8, 4) is 11.3 Å². The highest BCUT2D eigenvalue weighted by atomic mass is 32.1. The van der Waals surface area contributed by atoms with Crippen LogP contribution in [0.3, 0.4) is 0 Å². The summed E-state index contributed by atoms with van der Waals surface area (Å²) in [7, 11) is 0. The summed E-state index contributed by atoms with van der Waals surface area (Å²) in [4.78, 5) is 8.06. The molecule has 0 unspecified atom stereocenters. The van der Waals surface area contributed by atoms with E-state index in [0.717, 1.165) is 66.1 Å². The van der Waals surface area contributed by atoms with Crippen molar-refractivity contribution in [1.82, 2.24) is 20.1 Å². The summed E-state index contributed by atoms with van der Waals surface area (Å²) in [6.45, 7) is 2.91. The van der Waals surface area contributed by atoms with Crippen LogP contribution >= 0.6 is 11.3 Å². The topological polar surface area (TPSA) is 70.8 Å². The van der Waals surface area contributed by atoms with Crippen molar-refractivity contribution in [2.75, 3.05) is 25.4 Å². The maximum Gasteiger partial charge on any atom is 0.180 e. The largest absolute Gasteiger partial charge is 0.375 e. The van der Waals surface area contributed by atoms with Crippen molar-refractivity contribution in [1.29, 1.82) is 0 Å². The average molecular weight is 440 g/mol. The summed E-state index contributed by atoms with van der Waals surface area (Å²) in [6, 6.07) is 11.2. The number of piperidine rings is 1. The molecule has 1 aliphatic rings. The number of nitrogens with zero attached hydrogens (tertiary/aromatic N) is 3. The van der Waals surface area contributed by atoms with Crippen molar-refractivity contribution in [3.05, 3.63) is 64.7 Å². The zero-order chi connectivity index (χ0) is 21.4. The number of nitrogens with one attached hydrogen (secondary N) is 1. The zero-order valence-corrected chi connectivity index (χ0v) is 17.8. The molecule has 0 atom stereocenters. The van der Waals surface area contributed by atoms with Gasteiger partial charge in [-0.3, -0.25) is 5.10 Å². The molecule has 5 nitrogen and oxygen atoms in total. The predicted molar refractivity (Wildman–Crippen MR) is 120 cm³/mol. The first-order chi connectivity index (χ1) is 15.1. The third-order valence-electron chi connectivity index (χ3n) is 6.03. The molecule has 3 heterocycles. The molecule has 2 aromatic carbocycles. The van der Waals surface area contributed by atoms with Gasteiger partial charge in [0.15, 0.2) is 5.13 Å². The molecule has 160 valence electrons. The molecule has 1 fully saturated rings. The standard InChI is InChI=1S/C23H23F2N5S/c24-16-3-1-14(2-4-16)22-20(31-23(26)27-22)9-12-30-10-7-15(8-11-30)21-18-6-5-17(25)13-19(18)28-29-21/h1-6,13,15H,7-12H2,(H2,26,27)(H,28,29). The summed E-state index contributed by atoms with van der Waals surface area (Å²) in [5.41, 5.74) is 9.52. The Hall–Kier alpha value is -2.84. The van der Waals surface area contributed by atoms with Crippen LogP contribution in [0, 0.1) is 11.6 Å². The van der Waals surface area contributed by atoms with Crippen LogP contribution in [0.2, 0.25) is 0 Å². The van der Waals surface area contributed by atoms with Gasteiger partial charge in [-0.05, 0) is 68.8 Å². The lowest BCUT2D eigenvalue weighted by molar-refractivity contribution is 0.214. The second-order valence-electron chi connectivity index (χ2n) is 8.00. The van der Waals surface area contributed by atoms with E-state index >= 15 is 0 Å². The quantitative estimate of drug-likeness (QED) is 0.461. The minimum absolute atomic E-state index is 0.258. The molecule has 0 amide bonds. The number of thiazole rings is 1. The number of fused-ring (bicyclic) bond motifs is 1. The van der Waals surface area contributed by atoms with E-state index in [1.807, 2.05) is 6.07 Å². The summed E-state index contributed by atoms with van der Waals surface area (Å²) < 4.78 is 26.7. The number of nitrogens with two attached hydrogens (primary N) is 1. The molecule has 5 rings (SSSR count). The van der Waals surface area contributed by atoms with Gasteiger partial charge in [0.2, 0.25) is 0 Å². The number of likely N-dealkylation sites (tertiary alicyclic amines) is 1. The van der Waals surface area contributed by atoms with E-state index in [0.29, 0.717) is 16.6 Å². The first kappa shape index (κ1) is 20.1. The van der Waals surface area contributed by atoms with Gasteiger partial charge in [0, 0.05) is 40.0 Å². The van der Waals surface area contributed by atoms with E-state index in [1.165, 1.54) is 35.6 Å². The smallest absolute Gasteiger partial charge is 0.180 e. The molecule has 0 spiro atoms. The van der Waals surface area contributed by atoms with E-state index in [-0.39, 0.29) is 11.6 Å². The number of anilines is 1. The number of H-pyrrole nitrogens is 1. The number of halogens is 2. The average Bonchev–Trinajstić information content (AvgIpc) is 3.36. The van der Waals surface area contributed by atoms with Crippen molar-refractivity contribution < 1.29 is 8.78 Å². The van der Waals surface area contributed by atoms with Crippen LogP contribution in [0.15, 0.2) is 42.5 Å². The number of benzene rings is 2. The Morgan fingerprint density at radius 2 is 1.81 bits per heavy atom. The second kappa shape index (κ2) is 8.36. The van der Waals surface area contributed by atoms with Crippen LogP contribution in [-0.2, 0) is 6.42 Å². The highest BCUT2D eigenvalue weighted by Gasteiger charge is 2.24. The molecule has 1 saturated heterocycles. The van der Waals surface area contributed by atoms with Crippen molar-refractivity contribution >= 4 is 27.4 Å². The van der Waals surface area contributed by atoms with Crippen LogP contribution in [-0.4, -0.2) is 39.7 Å². The summed E-state index contributed by atoms with van der Waals surface area (Å²) >= 11 is 1.51. The SMILES string of the molecule is Nc1nc(-c2ccc(F)cc2)c(CCN2CCC(c3[nH]nc4cc(F)ccc34)CC2)s1. The van der Waals surface area contributed by atoms with E-state index in [4.69, 9.17) is 5.73 Å². The number of hydrogen-bond acceptors (Lipinski definition) is 5. The minimum atomic E-state index is -0.260. The Morgan fingerprint density at radius 3 is 2.58 bits per heavy atom. The summed E-state index contributed by atoms with van der Waals surface area (Å²) in [5.74, 6) is -0.115. The normalized spacial score (nSPS) is 15.7. The molecule has 4 aromatic rings. The number of rotatable bonds is 5. The van der Waals surface area contributed by atoms with Crippen LogP contribution in [0.4, 0.5) is 13.9 Å². The summed E-state index contributed by atoms with van der Waals surface area (Å²) in [6.07, 6.45) is 2.92. The third kappa shape index (κ3) is 4.18. The Balaban J connectivity index is 1.22. The van der Waals surface area contributed by atoms with Crippen LogP contribution in [0.5, 0.6) is 0 Å². The highest BCUT2D eigenvalue weighted by molar-refractivity contribution is 7.15. The number of aromatic nitrogens is 3. The number of hydrogen-bond donors (Lipinski definition) is 2. The number of nitrogen functional groups attached to an aromatic ring is 1. The van der Waals surface area contributed by atoms with Crippen LogP contribution in [0.1, 0.15) is 29.3 Å². The molecule has 3 N–H and O–H groups in total. The molecule has 31 heavy (non-hydrogen) atoms. The van der Waals surface area contributed by atoms with Gasteiger partial charge in [-0.25, -0.2) is 13.8 Å². The lowest BCUT2D eigenvalue weighted by atomic mass is 9.91. The van der Waals surface area contributed by atoms with E-state index < -0.39 is 0 Å². The Bertz CT molecular complexity index is 1190. The van der Waals surface area contributed by atoms with Gasteiger partial charge in [0.25, 0.3) is 0 Å². The lowest BCUT2D eigenvalue weighted by Crippen LogP contribution is -2.34. The fraction of sp³-hybridized carbons (Fsp3) is 0.304. The number of aromatic amines is 1. The minimum Gasteiger partial charge on any atom is -0.375 e. The molecular weight excluding hydrogens is 416 g/mol. The van der Waals surface area contributed by atoms with Gasteiger partial charge in [0.05, 0.1) is 11.2 Å². The van der Waals surface area contributed by atoms with Gasteiger partial charge in [-0.1, -0.05) is 0 Å². The fourth-order valence-corrected chi connectivity index (χ4v) is 5.24. The zero-order valence-electron chi connectivity index (χ0n) is 16.9. The predicted octanol–water partition coefficient (Wildman–Crippen LogP) is 4.97. The third-order valence-corrected chi connectivity index (χ3v) is 6.97. The molecule has 8 heteroatoms. The molecule has 2 aromatic heterocycles.